The van der Waals surface area contributed by atoms with Crippen LogP contribution in [0.15, 0.2) is 54.1 Å². The van der Waals surface area contributed by atoms with Crippen LogP contribution in [0.2, 0.25) is 0 Å². The van der Waals surface area contributed by atoms with Crippen molar-refractivity contribution >= 4 is 28.6 Å². The summed E-state index contributed by atoms with van der Waals surface area (Å²) in [6.07, 6.45) is 0.775. The molecule has 0 bridgehead atoms. The fourth-order valence-electron chi connectivity index (χ4n) is 4.48. The van der Waals surface area contributed by atoms with Gasteiger partial charge in [0.1, 0.15) is 0 Å². The van der Waals surface area contributed by atoms with Crippen molar-refractivity contribution in [2.75, 3.05) is 11.1 Å². The molecule has 8 nitrogen and oxygen atoms in total. The average molecular weight is 498 g/mol. The number of urea groups is 1. The molecule has 11 heteroatoms. The molecule has 2 aliphatic carbocycles. The van der Waals surface area contributed by atoms with E-state index in [1.807, 2.05) is 18.2 Å². The van der Waals surface area contributed by atoms with E-state index in [0.29, 0.717) is 17.2 Å². The van der Waals surface area contributed by atoms with Gasteiger partial charge < -0.3 is 22.1 Å². The molecular weight excluding hydrogens is 471 g/mol. The van der Waals surface area contributed by atoms with Crippen LogP contribution in [0.25, 0.3) is 22.2 Å². The standard InChI is InChI=1S/C25H26F3N7O/c1-23(9-3-4-15(13-23)25(26,27)28)33-22(36)31-16-7-5-14(6-8-16)17-12-18(24(30)10-11-24)32-21-19(17)20(29)34-35(21)2/h3-9,12H,10-11,13,30H2,1-2H3,(H2,29,34)(H2,31,33,36). The first kappa shape index (κ1) is 23.9. The number of nitrogens with one attached hydrogen (secondary N) is 2. The second kappa shape index (κ2) is 8.09. The van der Waals surface area contributed by atoms with Gasteiger partial charge in [0.05, 0.1) is 22.2 Å². The van der Waals surface area contributed by atoms with Gasteiger partial charge in [-0.25, -0.2) is 14.5 Å². The van der Waals surface area contributed by atoms with Crippen molar-refractivity contribution in [3.8, 4) is 11.1 Å². The summed E-state index contributed by atoms with van der Waals surface area (Å²) >= 11 is 0. The Morgan fingerprint density at radius 3 is 2.53 bits per heavy atom. The third-order valence-electron chi connectivity index (χ3n) is 6.66. The van der Waals surface area contributed by atoms with E-state index in [9.17, 15) is 18.0 Å². The molecule has 2 aliphatic rings. The fraction of sp³-hybridized carbons (Fsp3) is 0.320. The molecule has 6 N–H and O–H groups in total. The van der Waals surface area contributed by atoms with Gasteiger partial charge in [-0.3, -0.25) is 0 Å². The summed E-state index contributed by atoms with van der Waals surface area (Å²) in [4.78, 5) is 17.3. The number of rotatable bonds is 4. The van der Waals surface area contributed by atoms with Crippen LogP contribution < -0.4 is 22.1 Å². The van der Waals surface area contributed by atoms with Gasteiger partial charge >= 0.3 is 12.2 Å². The second-order valence-corrected chi connectivity index (χ2v) is 9.72. The zero-order chi connectivity index (χ0) is 25.9. The van der Waals surface area contributed by atoms with Crippen LogP contribution in [0.5, 0.6) is 0 Å². The molecule has 2 amide bonds. The van der Waals surface area contributed by atoms with Gasteiger partial charge in [-0.15, -0.1) is 0 Å². The predicted octanol–water partition coefficient (Wildman–Crippen LogP) is 4.49. The van der Waals surface area contributed by atoms with E-state index in [2.05, 4.69) is 15.7 Å². The zero-order valence-corrected chi connectivity index (χ0v) is 19.8. The number of nitrogen functional groups attached to an aromatic ring is 1. The maximum atomic E-state index is 13.1. The highest BCUT2D eigenvalue weighted by Crippen LogP contribution is 2.44. The highest BCUT2D eigenvalue weighted by Gasteiger charge is 2.42. The Morgan fingerprint density at radius 1 is 1.19 bits per heavy atom. The number of aromatic nitrogens is 3. The van der Waals surface area contributed by atoms with Gasteiger partial charge in [0.2, 0.25) is 0 Å². The number of fused-ring (bicyclic) bond motifs is 1. The van der Waals surface area contributed by atoms with Crippen LogP contribution in [0.3, 0.4) is 0 Å². The minimum Gasteiger partial charge on any atom is -0.382 e. The molecule has 2 aromatic heterocycles. The van der Waals surface area contributed by atoms with Crippen LogP contribution in [-0.2, 0) is 12.6 Å². The molecule has 0 radical (unpaired) electrons. The van der Waals surface area contributed by atoms with Gasteiger partial charge in [0.15, 0.2) is 11.5 Å². The Labute approximate surface area is 205 Å². The minimum absolute atomic E-state index is 0.352. The Hall–Kier alpha value is -3.86. The Morgan fingerprint density at radius 2 is 1.89 bits per heavy atom. The molecule has 1 fully saturated rings. The van der Waals surface area contributed by atoms with Gasteiger partial charge in [-0.2, -0.15) is 18.3 Å². The number of pyridine rings is 1. The van der Waals surface area contributed by atoms with Crippen molar-refractivity contribution < 1.29 is 18.0 Å². The van der Waals surface area contributed by atoms with E-state index in [-0.39, 0.29) is 6.42 Å². The third-order valence-corrected chi connectivity index (χ3v) is 6.66. The number of benzene rings is 1. The van der Waals surface area contributed by atoms with Crippen molar-refractivity contribution in [1.29, 1.82) is 0 Å². The van der Waals surface area contributed by atoms with Crippen molar-refractivity contribution in [3.63, 3.8) is 0 Å². The van der Waals surface area contributed by atoms with E-state index < -0.39 is 28.9 Å². The van der Waals surface area contributed by atoms with Crippen LogP contribution >= 0.6 is 0 Å². The van der Waals surface area contributed by atoms with E-state index in [4.69, 9.17) is 16.5 Å². The minimum atomic E-state index is -4.45. The van der Waals surface area contributed by atoms with Crippen LogP contribution in [0, 0.1) is 0 Å². The third kappa shape index (κ3) is 4.41. The monoisotopic (exact) mass is 497 g/mol. The van der Waals surface area contributed by atoms with Crippen LogP contribution in [0.4, 0.5) is 29.5 Å². The number of carbonyl (C=O) groups excluding carboxylic acids is 1. The maximum Gasteiger partial charge on any atom is 0.412 e. The average Bonchev–Trinajstić information content (AvgIpc) is 3.49. The summed E-state index contributed by atoms with van der Waals surface area (Å²) in [6, 6.07) is 8.39. The van der Waals surface area contributed by atoms with Crippen molar-refractivity contribution in [2.45, 2.75) is 43.4 Å². The Balaban J connectivity index is 1.36. The fourth-order valence-corrected chi connectivity index (χ4v) is 4.48. The second-order valence-electron chi connectivity index (χ2n) is 9.72. The van der Waals surface area contributed by atoms with E-state index in [0.717, 1.165) is 41.1 Å². The highest BCUT2D eigenvalue weighted by atomic mass is 19.4. The molecule has 1 unspecified atom stereocenters. The Bertz CT molecular complexity index is 1420. The lowest BCUT2D eigenvalue weighted by Crippen LogP contribution is -2.48. The van der Waals surface area contributed by atoms with Gasteiger partial charge in [0.25, 0.3) is 0 Å². The molecule has 0 saturated heterocycles. The number of nitrogens with zero attached hydrogens (tertiary/aromatic N) is 3. The normalized spacial score (nSPS) is 20.8. The summed E-state index contributed by atoms with van der Waals surface area (Å²) in [7, 11) is 1.77. The summed E-state index contributed by atoms with van der Waals surface area (Å²) in [5.74, 6) is 0.353. The number of carbonyl (C=O) groups is 1. The van der Waals surface area contributed by atoms with Crippen molar-refractivity contribution in [3.05, 3.63) is 59.8 Å². The molecule has 188 valence electrons. The number of allylic oxidation sites excluding steroid dienone is 2. The summed E-state index contributed by atoms with van der Waals surface area (Å²) in [5, 5.41) is 10.3. The zero-order valence-electron chi connectivity index (χ0n) is 19.8. The summed E-state index contributed by atoms with van der Waals surface area (Å²) < 4.78 is 41.0. The van der Waals surface area contributed by atoms with Gasteiger partial charge in [0, 0.05) is 24.7 Å². The first-order valence-electron chi connectivity index (χ1n) is 11.4. The molecule has 0 spiro atoms. The number of hydrogen-bond acceptors (Lipinski definition) is 5. The quantitative estimate of drug-likeness (QED) is 0.423. The smallest absolute Gasteiger partial charge is 0.382 e. The molecule has 36 heavy (non-hydrogen) atoms. The van der Waals surface area contributed by atoms with Gasteiger partial charge in [-0.1, -0.05) is 30.4 Å². The summed E-state index contributed by atoms with van der Waals surface area (Å²) in [6.45, 7) is 1.54. The SMILES string of the molecule is Cn1nc(N)c2c(-c3ccc(NC(=O)NC4(C)C=CC=C(C(F)(F)F)C4)cc3)cc(C3(N)CC3)nc21. The van der Waals surface area contributed by atoms with Crippen LogP contribution in [-0.4, -0.2) is 32.5 Å². The number of alkyl halides is 3. The molecule has 3 aromatic rings. The van der Waals surface area contributed by atoms with E-state index in [1.54, 1.807) is 36.9 Å². The number of aryl methyl sites for hydroxylation is 1. The number of amides is 2. The lowest BCUT2D eigenvalue weighted by Gasteiger charge is -2.31. The molecule has 0 aliphatic heterocycles. The first-order chi connectivity index (χ1) is 16.9. The number of nitrogens with two attached hydrogens (primary N) is 2. The molecule has 2 heterocycles. The van der Waals surface area contributed by atoms with Crippen molar-refractivity contribution in [1.82, 2.24) is 20.1 Å². The molecule has 1 aromatic carbocycles. The molecule has 1 saturated carbocycles. The largest absolute Gasteiger partial charge is 0.412 e. The lowest BCUT2D eigenvalue weighted by molar-refractivity contribution is -0.0956. The topological polar surface area (TPSA) is 124 Å². The van der Waals surface area contributed by atoms with Gasteiger partial charge in [-0.05, 0) is 49.1 Å². The maximum absolute atomic E-state index is 13.1. The highest BCUT2D eigenvalue weighted by molar-refractivity contribution is 6.00. The molecular formula is C25H26F3N7O. The van der Waals surface area contributed by atoms with Crippen molar-refractivity contribution in [2.24, 2.45) is 12.8 Å². The predicted molar refractivity (Wildman–Crippen MR) is 132 cm³/mol. The summed E-state index contributed by atoms with van der Waals surface area (Å²) in [5.41, 5.74) is 13.8. The Kier molecular flexibility index (Phi) is 5.36. The van der Waals surface area contributed by atoms with Crippen LogP contribution in [0.1, 0.15) is 31.9 Å². The van der Waals surface area contributed by atoms with E-state index >= 15 is 0 Å². The molecule has 1 atom stereocenters. The molecule has 5 rings (SSSR count). The number of anilines is 2. The number of hydrogen-bond donors (Lipinski definition) is 4. The first-order valence-corrected chi connectivity index (χ1v) is 11.4. The lowest BCUT2D eigenvalue weighted by atomic mass is 9.88. The number of halogens is 3. The van der Waals surface area contributed by atoms with E-state index in [1.165, 1.54) is 6.08 Å².